The minimum Gasteiger partial charge on any atom is -0.340 e. The molecular formula is C18H18ClN3O. The van der Waals surface area contributed by atoms with Gasteiger partial charge in [0.15, 0.2) is 0 Å². The van der Waals surface area contributed by atoms with Gasteiger partial charge in [-0.15, -0.1) is 0 Å². The van der Waals surface area contributed by atoms with Gasteiger partial charge in [0.25, 0.3) is 5.91 Å². The van der Waals surface area contributed by atoms with Crippen LogP contribution >= 0.6 is 11.6 Å². The standard InChI is InChI=1S/C18H18ClN3O/c1-12-11-14(19)6-7-15(12)21-13(2)17(23)22-18(8-9-18)16-5-3-4-10-20-16/h3-7,10-11H,8-9H2,1-2H3,(H,22,23). The van der Waals surface area contributed by atoms with Gasteiger partial charge in [-0.2, -0.15) is 0 Å². The van der Waals surface area contributed by atoms with Crippen molar-refractivity contribution in [2.75, 3.05) is 0 Å². The van der Waals surface area contributed by atoms with Gasteiger partial charge < -0.3 is 5.32 Å². The number of halogens is 1. The number of carbonyl (C=O) groups is 1. The summed E-state index contributed by atoms with van der Waals surface area (Å²) in [5.41, 5.74) is 2.70. The topological polar surface area (TPSA) is 54.4 Å². The zero-order valence-electron chi connectivity index (χ0n) is 13.1. The maximum absolute atomic E-state index is 12.5. The number of aliphatic imine (C=N–C) groups is 1. The van der Waals surface area contributed by atoms with Crippen LogP contribution in [0.25, 0.3) is 0 Å². The average Bonchev–Trinajstić information content (AvgIpc) is 3.31. The molecule has 1 aliphatic rings. The molecule has 1 aromatic heterocycles. The lowest BCUT2D eigenvalue weighted by molar-refractivity contribution is -0.115. The zero-order chi connectivity index (χ0) is 16.4. The number of nitrogens with zero attached hydrogens (tertiary/aromatic N) is 2. The highest BCUT2D eigenvalue weighted by molar-refractivity contribution is 6.38. The van der Waals surface area contributed by atoms with Gasteiger partial charge in [0.05, 0.1) is 16.9 Å². The highest BCUT2D eigenvalue weighted by atomic mass is 35.5. The van der Waals surface area contributed by atoms with Gasteiger partial charge in [-0.1, -0.05) is 17.7 Å². The molecule has 1 amide bonds. The fourth-order valence-corrected chi connectivity index (χ4v) is 2.73. The number of rotatable bonds is 4. The van der Waals surface area contributed by atoms with E-state index in [9.17, 15) is 4.79 Å². The number of pyridine rings is 1. The van der Waals surface area contributed by atoms with Crippen molar-refractivity contribution >= 4 is 28.9 Å². The van der Waals surface area contributed by atoms with Crippen molar-refractivity contribution in [3.8, 4) is 0 Å². The smallest absolute Gasteiger partial charge is 0.266 e. The lowest BCUT2D eigenvalue weighted by Gasteiger charge is -2.16. The quantitative estimate of drug-likeness (QED) is 0.865. The molecule has 0 radical (unpaired) electrons. The first kappa shape index (κ1) is 15.7. The second-order valence-corrected chi connectivity index (χ2v) is 6.32. The molecule has 1 saturated carbocycles. The van der Waals surface area contributed by atoms with Crippen LogP contribution in [0.4, 0.5) is 5.69 Å². The molecule has 23 heavy (non-hydrogen) atoms. The van der Waals surface area contributed by atoms with Crippen molar-refractivity contribution in [1.29, 1.82) is 0 Å². The maximum Gasteiger partial charge on any atom is 0.266 e. The second kappa shape index (κ2) is 6.13. The molecule has 0 aliphatic heterocycles. The molecule has 1 aliphatic carbocycles. The Morgan fingerprint density at radius 3 is 2.70 bits per heavy atom. The third-order valence-electron chi connectivity index (χ3n) is 4.03. The van der Waals surface area contributed by atoms with E-state index in [2.05, 4.69) is 15.3 Å². The normalized spacial score (nSPS) is 16.0. The van der Waals surface area contributed by atoms with Crippen LogP contribution in [0.1, 0.15) is 31.0 Å². The van der Waals surface area contributed by atoms with Crippen LogP contribution < -0.4 is 5.32 Å². The van der Waals surface area contributed by atoms with Crippen LogP contribution in [0.3, 0.4) is 0 Å². The Balaban J connectivity index is 1.77. The third kappa shape index (κ3) is 3.42. The Morgan fingerprint density at radius 2 is 2.09 bits per heavy atom. The number of benzene rings is 1. The van der Waals surface area contributed by atoms with Crippen LogP contribution in [0, 0.1) is 6.92 Å². The van der Waals surface area contributed by atoms with Gasteiger partial charge >= 0.3 is 0 Å². The molecule has 0 saturated heterocycles. The van der Waals surface area contributed by atoms with Gasteiger partial charge in [-0.3, -0.25) is 9.78 Å². The predicted octanol–water partition coefficient (Wildman–Crippen LogP) is 3.94. The molecule has 1 N–H and O–H groups in total. The Kier molecular flexibility index (Phi) is 4.18. The molecule has 2 aromatic rings. The molecule has 4 nitrogen and oxygen atoms in total. The minimum atomic E-state index is -0.329. The number of aromatic nitrogens is 1. The van der Waals surface area contributed by atoms with Crippen molar-refractivity contribution in [1.82, 2.24) is 10.3 Å². The Morgan fingerprint density at radius 1 is 1.30 bits per heavy atom. The van der Waals surface area contributed by atoms with Crippen molar-refractivity contribution in [2.24, 2.45) is 4.99 Å². The molecule has 118 valence electrons. The SMILES string of the molecule is CC(=Nc1ccc(Cl)cc1C)C(=O)NC1(c2ccccn2)CC1. The van der Waals surface area contributed by atoms with E-state index in [0.717, 1.165) is 29.8 Å². The Bertz CT molecular complexity index is 767. The fourth-order valence-electron chi connectivity index (χ4n) is 2.50. The Labute approximate surface area is 140 Å². The van der Waals surface area contributed by atoms with E-state index in [1.165, 1.54) is 0 Å². The monoisotopic (exact) mass is 327 g/mol. The highest BCUT2D eigenvalue weighted by Crippen LogP contribution is 2.44. The van der Waals surface area contributed by atoms with Crippen molar-refractivity contribution in [3.05, 3.63) is 58.9 Å². The first-order chi connectivity index (χ1) is 11.0. The predicted molar refractivity (Wildman–Crippen MR) is 92.2 cm³/mol. The molecule has 1 heterocycles. The summed E-state index contributed by atoms with van der Waals surface area (Å²) in [4.78, 5) is 21.3. The van der Waals surface area contributed by atoms with Crippen molar-refractivity contribution in [3.63, 3.8) is 0 Å². The van der Waals surface area contributed by atoms with Crippen LogP contribution in [0.5, 0.6) is 0 Å². The summed E-state index contributed by atoms with van der Waals surface area (Å²) in [6, 6.07) is 11.2. The summed E-state index contributed by atoms with van der Waals surface area (Å²) in [7, 11) is 0. The number of hydrogen-bond donors (Lipinski definition) is 1. The number of amides is 1. The fraction of sp³-hybridized carbons (Fsp3) is 0.278. The molecule has 1 fully saturated rings. The lowest BCUT2D eigenvalue weighted by Crippen LogP contribution is -2.39. The van der Waals surface area contributed by atoms with Crippen LogP contribution in [0.2, 0.25) is 5.02 Å². The van der Waals surface area contributed by atoms with Gasteiger partial charge in [0, 0.05) is 11.2 Å². The summed E-state index contributed by atoms with van der Waals surface area (Å²) in [5.74, 6) is -0.164. The summed E-state index contributed by atoms with van der Waals surface area (Å²) < 4.78 is 0. The number of hydrogen-bond acceptors (Lipinski definition) is 3. The van der Waals surface area contributed by atoms with Gasteiger partial charge in [-0.05, 0) is 62.6 Å². The van der Waals surface area contributed by atoms with E-state index in [4.69, 9.17) is 11.6 Å². The lowest BCUT2D eigenvalue weighted by atomic mass is 10.1. The molecule has 5 heteroatoms. The van der Waals surface area contributed by atoms with Crippen molar-refractivity contribution in [2.45, 2.75) is 32.2 Å². The summed E-state index contributed by atoms with van der Waals surface area (Å²) in [5, 5.41) is 3.74. The van der Waals surface area contributed by atoms with Crippen molar-refractivity contribution < 1.29 is 4.79 Å². The molecule has 3 rings (SSSR count). The summed E-state index contributed by atoms with van der Waals surface area (Å²) in [6.07, 6.45) is 3.56. The third-order valence-corrected chi connectivity index (χ3v) is 4.27. The molecule has 0 bridgehead atoms. The minimum absolute atomic E-state index is 0.164. The first-order valence-corrected chi connectivity index (χ1v) is 7.93. The largest absolute Gasteiger partial charge is 0.340 e. The van der Waals surface area contributed by atoms with E-state index >= 15 is 0 Å². The Hall–Kier alpha value is -2.20. The van der Waals surface area contributed by atoms with E-state index in [1.54, 1.807) is 19.2 Å². The molecule has 0 spiro atoms. The first-order valence-electron chi connectivity index (χ1n) is 7.56. The van der Waals surface area contributed by atoms with Gasteiger partial charge in [0.2, 0.25) is 0 Å². The molecular weight excluding hydrogens is 310 g/mol. The number of carbonyl (C=O) groups excluding carboxylic acids is 1. The van der Waals surface area contributed by atoms with Crippen LogP contribution in [-0.4, -0.2) is 16.6 Å². The average molecular weight is 328 g/mol. The second-order valence-electron chi connectivity index (χ2n) is 5.88. The number of nitrogens with one attached hydrogen (secondary N) is 1. The summed E-state index contributed by atoms with van der Waals surface area (Å²) >= 11 is 5.94. The molecule has 0 unspecified atom stereocenters. The summed E-state index contributed by atoms with van der Waals surface area (Å²) in [6.45, 7) is 3.64. The molecule has 0 atom stereocenters. The molecule has 1 aromatic carbocycles. The maximum atomic E-state index is 12.5. The van der Waals surface area contributed by atoms with E-state index in [0.29, 0.717) is 10.7 Å². The van der Waals surface area contributed by atoms with E-state index in [1.807, 2.05) is 37.3 Å². The van der Waals surface area contributed by atoms with Crippen LogP contribution in [0.15, 0.2) is 47.6 Å². The highest BCUT2D eigenvalue weighted by Gasteiger charge is 2.47. The number of aryl methyl sites for hydroxylation is 1. The zero-order valence-corrected chi connectivity index (χ0v) is 13.9. The van der Waals surface area contributed by atoms with Gasteiger partial charge in [0.1, 0.15) is 5.71 Å². The van der Waals surface area contributed by atoms with E-state index < -0.39 is 0 Å². The van der Waals surface area contributed by atoms with E-state index in [-0.39, 0.29) is 11.4 Å². The van der Waals surface area contributed by atoms with Crippen LogP contribution in [-0.2, 0) is 10.3 Å². The van der Waals surface area contributed by atoms with Gasteiger partial charge in [-0.25, -0.2) is 4.99 Å².